The molecule has 0 aliphatic rings. The van der Waals surface area contributed by atoms with Gasteiger partial charge in [-0.05, 0) is 29.5 Å². The molecular formula is C13H17IN4S. The molecule has 0 aromatic carbocycles. The first-order chi connectivity index (χ1) is 8.77. The molecule has 0 aliphatic carbocycles. The molecule has 102 valence electrons. The van der Waals surface area contributed by atoms with Crippen LogP contribution in [-0.2, 0) is 11.8 Å². The van der Waals surface area contributed by atoms with Crippen LogP contribution in [0.15, 0.2) is 5.38 Å². The van der Waals surface area contributed by atoms with Crippen LogP contribution in [0.25, 0.3) is 0 Å². The lowest BCUT2D eigenvalue weighted by Gasteiger charge is -2.20. The minimum absolute atomic E-state index is 0.0405. The number of nitrogen functional groups attached to an aromatic ring is 1. The molecule has 0 bridgehead atoms. The van der Waals surface area contributed by atoms with Gasteiger partial charge >= 0.3 is 0 Å². The third-order valence-corrected chi connectivity index (χ3v) is 4.64. The van der Waals surface area contributed by atoms with Gasteiger partial charge in [0.05, 0.1) is 15.7 Å². The van der Waals surface area contributed by atoms with Crippen LogP contribution in [-0.4, -0.2) is 15.0 Å². The minimum atomic E-state index is -0.0405. The average molecular weight is 388 g/mol. The first kappa shape index (κ1) is 14.6. The van der Waals surface area contributed by atoms with E-state index in [2.05, 4.69) is 58.3 Å². The van der Waals surface area contributed by atoms with Crippen molar-refractivity contribution in [3.8, 4) is 0 Å². The molecule has 0 saturated heterocycles. The Bertz CT molecular complexity index is 601. The number of aromatic nitrogens is 3. The standard InChI is InChI=1S/C13H17IN4S/c1-7-6-19-9(16-7)5-8-17-11(13(2,3)4)10(14)12(15)18-8/h6H,5H2,1-4H3,(H2,15,17,18). The fourth-order valence-electron chi connectivity index (χ4n) is 1.71. The molecule has 2 heterocycles. The summed E-state index contributed by atoms with van der Waals surface area (Å²) in [5, 5.41) is 3.06. The van der Waals surface area contributed by atoms with Crippen LogP contribution in [0, 0.1) is 10.5 Å². The highest BCUT2D eigenvalue weighted by Gasteiger charge is 2.22. The predicted molar refractivity (Wildman–Crippen MR) is 87.5 cm³/mol. The second-order valence-electron chi connectivity index (χ2n) is 5.50. The number of hydrogen-bond donors (Lipinski definition) is 1. The van der Waals surface area contributed by atoms with E-state index in [0.717, 1.165) is 25.8 Å². The second kappa shape index (κ2) is 5.32. The quantitative estimate of drug-likeness (QED) is 0.802. The zero-order chi connectivity index (χ0) is 14.2. The van der Waals surface area contributed by atoms with Crippen molar-refractivity contribution in [3.63, 3.8) is 0 Å². The number of thiazole rings is 1. The summed E-state index contributed by atoms with van der Waals surface area (Å²) >= 11 is 3.85. The van der Waals surface area contributed by atoms with E-state index in [0.29, 0.717) is 12.2 Å². The average Bonchev–Trinajstić information content (AvgIpc) is 2.67. The van der Waals surface area contributed by atoms with Crippen LogP contribution in [0.3, 0.4) is 0 Å². The van der Waals surface area contributed by atoms with Crippen molar-refractivity contribution in [2.45, 2.75) is 39.5 Å². The molecule has 6 heteroatoms. The Morgan fingerprint density at radius 1 is 1.26 bits per heavy atom. The monoisotopic (exact) mass is 388 g/mol. The Kier molecular flexibility index (Phi) is 4.10. The molecule has 0 saturated carbocycles. The van der Waals surface area contributed by atoms with Crippen LogP contribution < -0.4 is 5.73 Å². The summed E-state index contributed by atoms with van der Waals surface area (Å²) in [7, 11) is 0. The van der Waals surface area contributed by atoms with E-state index in [1.807, 2.05) is 12.3 Å². The Labute approximate surface area is 131 Å². The number of halogens is 1. The maximum absolute atomic E-state index is 6.00. The molecular weight excluding hydrogens is 371 g/mol. The largest absolute Gasteiger partial charge is 0.383 e. The van der Waals surface area contributed by atoms with E-state index >= 15 is 0 Å². The number of aryl methyl sites for hydroxylation is 1. The zero-order valence-corrected chi connectivity index (χ0v) is 14.5. The third kappa shape index (κ3) is 3.42. The molecule has 2 aromatic heterocycles. The van der Waals surface area contributed by atoms with Crippen LogP contribution in [0.5, 0.6) is 0 Å². The van der Waals surface area contributed by atoms with Crippen LogP contribution in [0.4, 0.5) is 5.82 Å². The van der Waals surface area contributed by atoms with Crippen molar-refractivity contribution in [3.05, 3.63) is 31.2 Å². The number of rotatable bonds is 2. The van der Waals surface area contributed by atoms with E-state index in [9.17, 15) is 0 Å². The smallest absolute Gasteiger partial charge is 0.140 e. The van der Waals surface area contributed by atoms with Crippen molar-refractivity contribution in [1.82, 2.24) is 15.0 Å². The molecule has 0 amide bonds. The van der Waals surface area contributed by atoms with Gasteiger partial charge in [-0.15, -0.1) is 11.3 Å². The van der Waals surface area contributed by atoms with Gasteiger partial charge in [0.25, 0.3) is 0 Å². The lowest BCUT2D eigenvalue weighted by atomic mass is 9.92. The highest BCUT2D eigenvalue weighted by Crippen LogP contribution is 2.28. The van der Waals surface area contributed by atoms with E-state index < -0.39 is 0 Å². The second-order valence-corrected chi connectivity index (χ2v) is 7.52. The predicted octanol–water partition coefficient (Wildman–Crippen LogP) is 3.32. The van der Waals surface area contributed by atoms with Crippen LogP contribution in [0.1, 0.15) is 43.0 Å². The minimum Gasteiger partial charge on any atom is -0.383 e. The van der Waals surface area contributed by atoms with Crippen LogP contribution in [0.2, 0.25) is 0 Å². The summed E-state index contributed by atoms with van der Waals surface area (Å²) < 4.78 is 0.948. The normalized spacial score (nSPS) is 11.8. The fraction of sp³-hybridized carbons (Fsp3) is 0.462. The summed E-state index contributed by atoms with van der Waals surface area (Å²) in [6.45, 7) is 8.39. The van der Waals surface area contributed by atoms with Crippen molar-refractivity contribution >= 4 is 39.7 Å². The first-order valence-corrected chi connectivity index (χ1v) is 7.96. The SMILES string of the molecule is Cc1csc(Cc2nc(N)c(I)c(C(C)(C)C)n2)n1. The first-order valence-electron chi connectivity index (χ1n) is 6.00. The molecule has 2 rings (SSSR count). The number of nitrogens with zero attached hydrogens (tertiary/aromatic N) is 3. The zero-order valence-electron chi connectivity index (χ0n) is 11.5. The Hall–Kier alpha value is -0.760. The van der Waals surface area contributed by atoms with Gasteiger partial charge in [0.15, 0.2) is 0 Å². The van der Waals surface area contributed by atoms with Crippen molar-refractivity contribution in [2.75, 3.05) is 5.73 Å². The van der Waals surface area contributed by atoms with E-state index in [1.54, 1.807) is 11.3 Å². The topological polar surface area (TPSA) is 64.7 Å². The van der Waals surface area contributed by atoms with Gasteiger partial charge in [0, 0.05) is 16.5 Å². The lowest BCUT2D eigenvalue weighted by molar-refractivity contribution is 0.559. The molecule has 2 aromatic rings. The van der Waals surface area contributed by atoms with Gasteiger partial charge in [-0.3, -0.25) is 0 Å². The van der Waals surface area contributed by atoms with Gasteiger partial charge < -0.3 is 5.73 Å². The highest BCUT2D eigenvalue weighted by molar-refractivity contribution is 14.1. The molecule has 0 aliphatic heterocycles. The maximum atomic E-state index is 6.00. The summed E-state index contributed by atoms with van der Waals surface area (Å²) in [5.74, 6) is 1.31. The molecule has 0 radical (unpaired) electrons. The van der Waals surface area contributed by atoms with Crippen molar-refractivity contribution in [1.29, 1.82) is 0 Å². The van der Waals surface area contributed by atoms with Crippen molar-refractivity contribution < 1.29 is 0 Å². The van der Waals surface area contributed by atoms with Crippen LogP contribution >= 0.6 is 33.9 Å². The van der Waals surface area contributed by atoms with Crippen molar-refractivity contribution in [2.24, 2.45) is 0 Å². The molecule has 0 spiro atoms. The van der Waals surface area contributed by atoms with Gasteiger partial charge in [-0.25, -0.2) is 15.0 Å². The Balaban J connectivity index is 2.39. The van der Waals surface area contributed by atoms with Gasteiger partial charge in [-0.1, -0.05) is 20.8 Å². The molecule has 0 fully saturated rings. The molecule has 19 heavy (non-hydrogen) atoms. The highest BCUT2D eigenvalue weighted by atomic mass is 127. The van der Waals surface area contributed by atoms with E-state index in [1.165, 1.54) is 0 Å². The summed E-state index contributed by atoms with van der Waals surface area (Å²) in [4.78, 5) is 13.5. The number of nitrogens with two attached hydrogens (primary N) is 1. The maximum Gasteiger partial charge on any atom is 0.140 e. The van der Waals surface area contributed by atoms with E-state index in [-0.39, 0.29) is 5.41 Å². The summed E-state index contributed by atoms with van der Waals surface area (Å²) in [5.41, 5.74) is 8.00. The number of hydrogen-bond acceptors (Lipinski definition) is 5. The number of anilines is 1. The summed E-state index contributed by atoms with van der Waals surface area (Å²) in [6, 6.07) is 0. The lowest BCUT2D eigenvalue weighted by Crippen LogP contribution is -2.19. The van der Waals surface area contributed by atoms with Gasteiger partial charge in [0.1, 0.15) is 16.6 Å². The van der Waals surface area contributed by atoms with E-state index in [4.69, 9.17) is 5.73 Å². The molecule has 4 nitrogen and oxygen atoms in total. The van der Waals surface area contributed by atoms with Gasteiger partial charge in [0.2, 0.25) is 0 Å². The molecule has 0 atom stereocenters. The Morgan fingerprint density at radius 2 is 1.95 bits per heavy atom. The fourth-order valence-corrected chi connectivity index (χ4v) is 3.53. The Morgan fingerprint density at radius 3 is 2.47 bits per heavy atom. The molecule has 0 unspecified atom stereocenters. The summed E-state index contributed by atoms with van der Waals surface area (Å²) in [6.07, 6.45) is 0.642. The third-order valence-electron chi connectivity index (χ3n) is 2.61. The van der Waals surface area contributed by atoms with Gasteiger partial charge in [-0.2, -0.15) is 0 Å². The molecule has 2 N–H and O–H groups in total.